The molecule has 3 heterocycles. The Kier molecular flexibility index (Phi) is 5.90. The van der Waals surface area contributed by atoms with Crippen molar-refractivity contribution in [1.29, 1.82) is 0 Å². The molecule has 0 atom stereocenters. The number of hydrogen-bond acceptors (Lipinski definition) is 4. The predicted octanol–water partition coefficient (Wildman–Crippen LogP) is 11.9. The molecule has 0 saturated carbocycles. The first-order valence-electron chi connectivity index (χ1n) is 14.7. The highest BCUT2D eigenvalue weighted by Gasteiger charge is 2.19. The van der Waals surface area contributed by atoms with Gasteiger partial charge in [-0.25, -0.2) is 9.97 Å². The summed E-state index contributed by atoms with van der Waals surface area (Å²) in [4.78, 5) is 10.7. The SMILES string of the molecule is c1ccc(-c2ccccc2-c2nc(-c3cccc4c3sc3ccccc34)cc(-c3cccc4c3sc3ccccc34)n2)cc1. The van der Waals surface area contributed by atoms with Crippen LogP contribution in [0.2, 0.25) is 0 Å². The first kappa shape index (κ1) is 25.3. The van der Waals surface area contributed by atoms with E-state index in [1.54, 1.807) is 0 Å². The third-order valence-electron chi connectivity index (χ3n) is 8.34. The summed E-state index contributed by atoms with van der Waals surface area (Å²) in [6.07, 6.45) is 0. The highest BCUT2D eigenvalue weighted by molar-refractivity contribution is 7.26. The maximum absolute atomic E-state index is 5.33. The Morgan fingerprint density at radius 3 is 1.41 bits per heavy atom. The van der Waals surface area contributed by atoms with Gasteiger partial charge in [-0.1, -0.05) is 127 Å². The van der Waals surface area contributed by atoms with Gasteiger partial charge in [0.05, 0.1) is 11.4 Å². The third-order valence-corrected chi connectivity index (χ3v) is 10.8. The summed E-state index contributed by atoms with van der Waals surface area (Å²) < 4.78 is 5.07. The Balaban J connectivity index is 1.35. The largest absolute Gasteiger partial charge is 0.228 e. The van der Waals surface area contributed by atoms with Crippen molar-refractivity contribution in [2.24, 2.45) is 0 Å². The summed E-state index contributed by atoms with van der Waals surface area (Å²) in [7, 11) is 0. The lowest BCUT2D eigenvalue weighted by atomic mass is 9.98. The van der Waals surface area contributed by atoms with Crippen LogP contribution in [-0.2, 0) is 0 Å². The smallest absolute Gasteiger partial charge is 0.161 e. The Morgan fingerprint density at radius 2 is 0.818 bits per heavy atom. The second-order valence-electron chi connectivity index (χ2n) is 10.9. The molecule has 0 fully saturated rings. The van der Waals surface area contributed by atoms with Crippen molar-refractivity contribution >= 4 is 63.0 Å². The molecule has 6 aromatic carbocycles. The summed E-state index contributed by atoms with van der Waals surface area (Å²) >= 11 is 3.67. The summed E-state index contributed by atoms with van der Waals surface area (Å²) in [6.45, 7) is 0. The Hall–Kier alpha value is -5.16. The molecule has 0 unspecified atom stereocenters. The standard InChI is InChI=1S/C40H24N2S2/c1-2-12-25(13-3-1)26-14-4-5-17-31(26)40-41-34(32-20-10-18-29-27-15-6-8-22-36(27)43-38(29)32)24-35(42-40)33-21-11-19-30-28-16-7-9-23-37(28)44-39(30)33/h1-24H. The van der Waals surface area contributed by atoms with Crippen molar-refractivity contribution in [1.82, 2.24) is 9.97 Å². The molecule has 9 rings (SSSR count). The van der Waals surface area contributed by atoms with Crippen molar-refractivity contribution in [2.75, 3.05) is 0 Å². The summed E-state index contributed by atoms with van der Waals surface area (Å²) in [5.41, 5.74) is 7.43. The lowest BCUT2D eigenvalue weighted by Gasteiger charge is -2.13. The van der Waals surface area contributed by atoms with Gasteiger partial charge in [-0.3, -0.25) is 0 Å². The number of fused-ring (bicyclic) bond motifs is 6. The number of benzene rings is 6. The zero-order valence-corrected chi connectivity index (χ0v) is 25.2. The zero-order valence-electron chi connectivity index (χ0n) is 23.6. The summed E-state index contributed by atoms with van der Waals surface area (Å²) in [5, 5.41) is 5.10. The molecule has 0 aliphatic rings. The number of thiophene rings is 2. The minimum Gasteiger partial charge on any atom is -0.228 e. The quantitative estimate of drug-likeness (QED) is 0.202. The molecule has 0 N–H and O–H groups in total. The molecular weight excluding hydrogens is 573 g/mol. The molecule has 4 heteroatoms. The Bertz CT molecular complexity index is 2370. The van der Waals surface area contributed by atoms with Crippen LogP contribution in [0.25, 0.3) is 85.4 Å². The van der Waals surface area contributed by atoms with Gasteiger partial charge in [-0.15, -0.1) is 22.7 Å². The molecule has 9 aromatic rings. The van der Waals surface area contributed by atoms with E-state index in [0.717, 1.165) is 45.0 Å². The number of hydrogen-bond donors (Lipinski definition) is 0. The van der Waals surface area contributed by atoms with Crippen LogP contribution in [0.15, 0.2) is 146 Å². The average molecular weight is 597 g/mol. The molecule has 0 aliphatic carbocycles. The molecule has 0 spiro atoms. The Morgan fingerprint density at radius 1 is 0.364 bits per heavy atom. The van der Waals surface area contributed by atoms with Gasteiger partial charge in [0.15, 0.2) is 5.82 Å². The van der Waals surface area contributed by atoms with E-state index in [9.17, 15) is 0 Å². The molecule has 0 aliphatic heterocycles. The molecule has 0 saturated heterocycles. The van der Waals surface area contributed by atoms with Crippen LogP contribution in [0.5, 0.6) is 0 Å². The van der Waals surface area contributed by atoms with Crippen LogP contribution in [0.1, 0.15) is 0 Å². The van der Waals surface area contributed by atoms with E-state index in [1.165, 1.54) is 40.3 Å². The van der Waals surface area contributed by atoms with E-state index in [1.807, 2.05) is 22.7 Å². The molecule has 206 valence electrons. The first-order chi connectivity index (χ1) is 21.8. The van der Waals surface area contributed by atoms with Gasteiger partial charge in [0.2, 0.25) is 0 Å². The topological polar surface area (TPSA) is 25.8 Å². The van der Waals surface area contributed by atoms with E-state index in [-0.39, 0.29) is 0 Å². The fourth-order valence-corrected chi connectivity index (χ4v) is 8.74. The van der Waals surface area contributed by atoms with Crippen LogP contribution in [0.3, 0.4) is 0 Å². The van der Waals surface area contributed by atoms with Crippen molar-refractivity contribution in [3.05, 3.63) is 146 Å². The number of nitrogens with zero attached hydrogens (tertiary/aromatic N) is 2. The van der Waals surface area contributed by atoms with Crippen molar-refractivity contribution in [3.8, 4) is 45.0 Å². The minimum absolute atomic E-state index is 0.730. The molecular formula is C40H24N2S2. The van der Waals surface area contributed by atoms with E-state index in [0.29, 0.717) is 0 Å². The van der Waals surface area contributed by atoms with Crippen molar-refractivity contribution in [3.63, 3.8) is 0 Å². The van der Waals surface area contributed by atoms with E-state index in [4.69, 9.17) is 9.97 Å². The van der Waals surface area contributed by atoms with Crippen molar-refractivity contribution < 1.29 is 0 Å². The zero-order chi connectivity index (χ0) is 29.0. The van der Waals surface area contributed by atoms with Crippen LogP contribution in [0, 0.1) is 0 Å². The molecule has 0 radical (unpaired) electrons. The van der Waals surface area contributed by atoms with E-state index < -0.39 is 0 Å². The molecule has 44 heavy (non-hydrogen) atoms. The molecule has 2 nitrogen and oxygen atoms in total. The molecule has 0 bridgehead atoms. The maximum Gasteiger partial charge on any atom is 0.161 e. The fourth-order valence-electron chi connectivity index (χ4n) is 6.29. The van der Waals surface area contributed by atoms with E-state index >= 15 is 0 Å². The van der Waals surface area contributed by atoms with Crippen LogP contribution in [0.4, 0.5) is 0 Å². The number of rotatable bonds is 4. The predicted molar refractivity (Wildman–Crippen MR) is 190 cm³/mol. The van der Waals surface area contributed by atoms with Gasteiger partial charge in [0.25, 0.3) is 0 Å². The summed E-state index contributed by atoms with van der Waals surface area (Å²) in [5.74, 6) is 0.730. The van der Waals surface area contributed by atoms with Crippen LogP contribution < -0.4 is 0 Å². The van der Waals surface area contributed by atoms with Gasteiger partial charge < -0.3 is 0 Å². The number of aromatic nitrogens is 2. The van der Waals surface area contributed by atoms with Crippen LogP contribution in [-0.4, -0.2) is 9.97 Å². The molecule has 0 amide bonds. The highest BCUT2D eigenvalue weighted by Crippen LogP contribution is 2.43. The van der Waals surface area contributed by atoms with Gasteiger partial charge in [-0.05, 0) is 29.3 Å². The lowest BCUT2D eigenvalue weighted by molar-refractivity contribution is 1.19. The monoisotopic (exact) mass is 596 g/mol. The third kappa shape index (κ3) is 4.07. The highest BCUT2D eigenvalue weighted by atomic mass is 32.1. The van der Waals surface area contributed by atoms with Gasteiger partial charge in [-0.2, -0.15) is 0 Å². The van der Waals surface area contributed by atoms with Gasteiger partial charge in [0, 0.05) is 57.0 Å². The average Bonchev–Trinajstić information content (AvgIpc) is 3.67. The Labute approximate surface area is 262 Å². The van der Waals surface area contributed by atoms with Gasteiger partial charge in [0.1, 0.15) is 0 Å². The van der Waals surface area contributed by atoms with E-state index in [2.05, 4.69) is 146 Å². The fraction of sp³-hybridized carbons (Fsp3) is 0. The van der Waals surface area contributed by atoms with Crippen molar-refractivity contribution in [2.45, 2.75) is 0 Å². The maximum atomic E-state index is 5.33. The second kappa shape index (κ2) is 10.2. The lowest BCUT2D eigenvalue weighted by Crippen LogP contribution is -1.97. The summed E-state index contributed by atoms with van der Waals surface area (Å²) in [6, 6.07) is 51.7. The minimum atomic E-state index is 0.730. The first-order valence-corrected chi connectivity index (χ1v) is 16.3. The normalized spacial score (nSPS) is 11.6. The molecule has 3 aromatic heterocycles. The van der Waals surface area contributed by atoms with Gasteiger partial charge >= 0.3 is 0 Å². The second-order valence-corrected chi connectivity index (χ2v) is 13.0. The van der Waals surface area contributed by atoms with Crippen LogP contribution >= 0.6 is 22.7 Å².